The van der Waals surface area contributed by atoms with Crippen molar-refractivity contribution in [1.82, 2.24) is 24.2 Å². The van der Waals surface area contributed by atoms with E-state index in [0.717, 1.165) is 24.4 Å². The Kier molecular flexibility index (Phi) is 5.57. The molecule has 33 heavy (non-hydrogen) atoms. The number of aryl methyl sites for hydroxylation is 1. The predicted molar refractivity (Wildman–Crippen MR) is 123 cm³/mol. The number of carboxylic acid groups (broad SMARTS) is 1. The van der Waals surface area contributed by atoms with Crippen molar-refractivity contribution in [3.05, 3.63) is 39.9 Å². The summed E-state index contributed by atoms with van der Waals surface area (Å²) >= 11 is 1.08. The third-order valence-corrected chi connectivity index (χ3v) is 7.12. The van der Waals surface area contributed by atoms with Crippen LogP contribution in [-0.2, 0) is 4.79 Å². The Morgan fingerprint density at radius 3 is 2.64 bits per heavy atom. The number of carbonyl (C=O) groups is 2. The zero-order valence-corrected chi connectivity index (χ0v) is 19.0. The first-order chi connectivity index (χ1) is 15.9. The molecule has 4 heterocycles. The molecule has 2 aliphatic rings. The van der Waals surface area contributed by atoms with Crippen LogP contribution in [0, 0.1) is 12.8 Å². The van der Waals surface area contributed by atoms with Crippen LogP contribution in [0.1, 0.15) is 48.0 Å². The third-order valence-electron chi connectivity index (χ3n) is 6.46. The van der Waals surface area contributed by atoms with E-state index in [0.29, 0.717) is 35.2 Å². The number of carbonyl (C=O) groups excluding carboxylic acids is 1. The molecule has 0 atom stereocenters. The molecule has 0 bridgehead atoms. The summed E-state index contributed by atoms with van der Waals surface area (Å²) in [5.74, 6) is -0.669. The van der Waals surface area contributed by atoms with Crippen molar-refractivity contribution in [2.75, 3.05) is 18.0 Å². The maximum Gasteiger partial charge on any atom is 0.341 e. The Bertz CT molecular complexity index is 1280. The van der Waals surface area contributed by atoms with Gasteiger partial charge in [0.05, 0.1) is 11.3 Å². The highest BCUT2D eigenvalue weighted by atomic mass is 32.1. The Hall–Kier alpha value is -3.34. The SMILES string of the molecule is Cc1cc(N2CC(C(=O)NC3CCCCC3)C2)nc2c1c(=O)c(C(=O)O)cn2-c1ncns1. The molecule has 0 spiro atoms. The van der Waals surface area contributed by atoms with Crippen molar-refractivity contribution < 1.29 is 14.7 Å². The summed E-state index contributed by atoms with van der Waals surface area (Å²) in [5, 5.41) is 13.4. The maximum absolute atomic E-state index is 12.9. The van der Waals surface area contributed by atoms with E-state index in [4.69, 9.17) is 0 Å². The van der Waals surface area contributed by atoms with E-state index in [2.05, 4.69) is 19.7 Å². The van der Waals surface area contributed by atoms with Gasteiger partial charge in [-0.1, -0.05) is 19.3 Å². The molecule has 1 aliphatic heterocycles. The van der Waals surface area contributed by atoms with Crippen LogP contribution in [0.2, 0.25) is 0 Å². The molecule has 1 aliphatic carbocycles. The van der Waals surface area contributed by atoms with Gasteiger partial charge in [-0.25, -0.2) is 14.8 Å². The maximum atomic E-state index is 12.9. The van der Waals surface area contributed by atoms with Crippen LogP contribution in [0.4, 0.5) is 5.82 Å². The van der Waals surface area contributed by atoms with Gasteiger partial charge in [0, 0.05) is 36.9 Å². The van der Waals surface area contributed by atoms with Gasteiger partial charge in [0.2, 0.25) is 16.5 Å². The highest BCUT2D eigenvalue weighted by molar-refractivity contribution is 7.08. The standard InChI is InChI=1S/C22H24N6O4S/c1-12-7-16(27-8-13(9-27)20(30)25-14-5-3-2-4-6-14)26-19-17(12)18(29)15(21(31)32)10-28(19)22-23-11-24-33-22/h7,10-11,13-14H,2-6,8-9H2,1H3,(H,25,30)(H,31,32). The van der Waals surface area contributed by atoms with E-state index in [9.17, 15) is 19.5 Å². The topological polar surface area (TPSA) is 130 Å². The van der Waals surface area contributed by atoms with Crippen LogP contribution in [0.25, 0.3) is 16.2 Å². The minimum Gasteiger partial charge on any atom is -0.477 e. The average Bonchev–Trinajstić information content (AvgIpc) is 3.28. The lowest BCUT2D eigenvalue weighted by molar-refractivity contribution is -0.126. The monoisotopic (exact) mass is 468 g/mol. The fraction of sp³-hybridized carbons (Fsp3) is 0.455. The Morgan fingerprint density at radius 1 is 1.21 bits per heavy atom. The second kappa shape index (κ2) is 8.54. The smallest absolute Gasteiger partial charge is 0.341 e. The first-order valence-corrected chi connectivity index (χ1v) is 11.8. The van der Waals surface area contributed by atoms with E-state index in [1.54, 1.807) is 13.0 Å². The number of anilines is 1. The lowest BCUT2D eigenvalue weighted by Gasteiger charge is -2.40. The molecule has 0 aromatic carbocycles. The first kappa shape index (κ1) is 21.5. The van der Waals surface area contributed by atoms with Crippen molar-refractivity contribution >= 4 is 40.3 Å². The molecule has 3 aromatic heterocycles. The Morgan fingerprint density at radius 2 is 1.97 bits per heavy atom. The second-order valence-electron chi connectivity index (χ2n) is 8.71. The summed E-state index contributed by atoms with van der Waals surface area (Å²) in [5.41, 5.74) is 0.0187. The molecule has 2 fully saturated rings. The molecule has 1 saturated heterocycles. The number of fused-ring (bicyclic) bond motifs is 1. The number of hydrogen-bond acceptors (Lipinski definition) is 8. The summed E-state index contributed by atoms with van der Waals surface area (Å²) in [4.78, 5) is 48.0. The average molecular weight is 469 g/mol. The summed E-state index contributed by atoms with van der Waals surface area (Å²) in [6.07, 6.45) is 8.30. The largest absolute Gasteiger partial charge is 0.477 e. The van der Waals surface area contributed by atoms with Crippen LogP contribution >= 0.6 is 11.5 Å². The second-order valence-corrected chi connectivity index (χ2v) is 9.47. The van der Waals surface area contributed by atoms with Crippen LogP contribution in [0.5, 0.6) is 0 Å². The molecule has 3 aromatic rings. The van der Waals surface area contributed by atoms with Gasteiger partial charge in [0.1, 0.15) is 17.7 Å². The van der Waals surface area contributed by atoms with E-state index >= 15 is 0 Å². The molecular formula is C22H24N6O4S. The van der Waals surface area contributed by atoms with Gasteiger partial charge in [0.15, 0.2) is 5.65 Å². The first-order valence-electron chi connectivity index (χ1n) is 11.0. The van der Waals surface area contributed by atoms with Gasteiger partial charge in [-0.3, -0.25) is 14.2 Å². The minimum absolute atomic E-state index is 0.0903. The number of carboxylic acids is 1. The van der Waals surface area contributed by atoms with Crippen molar-refractivity contribution in [2.45, 2.75) is 45.1 Å². The third kappa shape index (κ3) is 3.97. The van der Waals surface area contributed by atoms with E-state index in [1.165, 1.54) is 36.4 Å². The number of nitrogens with zero attached hydrogens (tertiary/aromatic N) is 5. The quantitative estimate of drug-likeness (QED) is 0.582. The summed E-state index contributed by atoms with van der Waals surface area (Å²) in [7, 11) is 0. The van der Waals surface area contributed by atoms with Crippen molar-refractivity contribution in [3.8, 4) is 5.13 Å². The van der Waals surface area contributed by atoms with Gasteiger partial charge in [0.25, 0.3) is 0 Å². The van der Waals surface area contributed by atoms with Gasteiger partial charge < -0.3 is 15.3 Å². The number of amides is 1. The summed E-state index contributed by atoms with van der Waals surface area (Å²) in [6, 6.07) is 2.06. The molecule has 2 N–H and O–H groups in total. The van der Waals surface area contributed by atoms with Gasteiger partial charge in [-0.15, -0.1) is 0 Å². The van der Waals surface area contributed by atoms with Gasteiger partial charge >= 0.3 is 5.97 Å². The number of aromatic nitrogens is 4. The minimum atomic E-state index is -1.31. The normalized spacial score (nSPS) is 17.2. The summed E-state index contributed by atoms with van der Waals surface area (Å²) in [6.45, 7) is 2.86. The number of pyridine rings is 2. The molecule has 1 amide bonds. The van der Waals surface area contributed by atoms with Crippen LogP contribution in [-0.4, -0.2) is 55.0 Å². The zero-order valence-electron chi connectivity index (χ0n) is 18.2. The fourth-order valence-electron chi connectivity index (χ4n) is 4.61. The number of aromatic carboxylic acids is 1. The van der Waals surface area contributed by atoms with E-state index < -0.39 is 11.4 Å². The van der Waals surface area contributed by atoms with E-state index in [1.807, 2.05) is 4.90 Å². The van der Waals surface area contributed by atoms with Gasteiger partial charge in [-0.05, 0) is 31.4 Å². The highest BCUT2D eigenvalue weighted by Gasteiger charge is 2.35. The van der Waals surface area contributed by atoms with E-state index in [-0.39, 0.29) is 28.8 Å². The molecule has 10 nitrogen and oxygen atoms in total. The zero-order chi connectivity index (χ0) is 23.1. The Labute approximate surface area is 193 Å². The lowest BCUT2D eigenvalue weighted by Crippen LogP contribution is -2.55. The molecular weight excluding hydrogens is 444 g/mol. The van der Waals surface area contributed by atoms with Crippen molar-refractivity contribution in [1.29, 1.82) is 0 Å². The molecule has 1 saturated carbocycles. The molecule has 0 unspecified atom stereocenters. The number of rotatable bonds is 5. The van der Waals surface area contributed by atoms with Crippen molar-refractivity contribution in [3.63, 3.8) is 0 Å². The predicted octanol–water partition coefficient (Wildman–Crippen LogP) is 2.13. The number of hydrogen-bond donors (Lipinski definition) is 2. The highest BCUT2D eigenvalue weighted by Crippen LogP contribution is 2.28. The van der Waals surface area contributed by atoms with Crippen LogP contribution in [0.15, 0.2) is 23.4 Å². The molecule has 0 radical (unpaired) electrons. The van der Waals surface area contributed by atoms with Crippen LogP contribution in [0.3, 0.4) is 0 Å². The fourth-order valence-corrected chi connectivity index (χ4v) is 5.12. The van der Waals surface area contributed by atoms with Crippen molar-refractivity contribution in [2.24, 2.45) is 5.92 Å². The lowest BCUT2D eigenvalue weighted by atomic mass is 9.93. The molecule has 5 rings (SSSR count). The number of nitrogens with one attached hydrogen (secondary N) is 1. The van der Waals surface area contributed by atoms with Crippen LogP contribution < -0.4 is 15.6 Å². The Balaban J connectivity index is 1.44. The summed E-state index contributed by atoms with van der Waals surface area (Å²) < 4.78 is 5.49. The molecule has 172 valence electrons. The molecule has 11 heteroatoms. The van der Waals surface area contributed by atoms with Gasteiger partial charge in [-0.2, -0.15) is 4.37 Å².